The number of benzene rings is 1. The second-order valence-corrected chi connectivity index (χ2v) is 4.65. The van der Waals surface area contributed by atoms with E-state index in [1.54, 1.807) is 25.1 Å². The van der Waals surface area contributed by atoms with Crippen molar-refractivity contribution in [2.75, 3.05) is 0 Å². The van der Waals surface area contributed by atoms with E-state index in [0.29, 0.717) is 16.7 Å². The highest BCUT2D eigenvalue weighted by Crippen LogP contribution is 2.28. The van der Waals surface area contributed by atoms with Crippen LogP contribution >= 0.6 is 11.6 Å². The van der Waals surface area contributed by atoms with E-state index >= 15 is 0 Å². The molecule has 1 aromatic heterocycles. The van der Waals surface area contributed by atoms with Crippen molar-refractivity contribution in [1.82, 2.24) is 9.97 Å². The summed E-state index contributed by atoms with van der Waals surface area (Å²) in [5.41, 5.74) is 1.49. The summed E-state index contributed by atoms with van der Waals surface area (Å²) in [6, 6.07) is 6.30. The van der Waals surface area contributed by atoms with Gasteiger partial charge in [0.25, 0.3) is 0 Å². The average Bonchev–Trinajstić information content (AvgIpc) is 2.35. The summed E-state index contributed by atoms with van der Waals surface area (Å²) >= 11 is 5.82. The van der Waals surface area contributed by atoms with Crippen molar-refractivity contribution < 1.29 is 9.66 Å². The fraction of sp³-hybridized carbons (Fsp3) is 0.231. The lowest BCUT2D eigenvalue weighted by atomic mass is 10.2. The lowest BCUT2D eigenvalue weighted by Gasteiger charge is -2.07. The number of hydrogen-bond donors (Lipinski definition) is 0. The summed E-state index contributed by atoms with van der Waals surface area (Å²) in [6.07, 6.45) is 0. The number of nitro groups is 1. The maximum absolute atomic E-state index is 10.9. The third-order valence-corrected chi connectivity index (χ3v) is 2.73. The third-order valence-electron chi connectivity index (χ3n) is 2.54. The van der Waals surface area contributed by atoms with Gasteiger partial charge >= 0.3 is 5.69 Å². The summed E-state index contributed by atoms with van der Waals surface area (Å²) in [6.45, 7) is 3.63. The number of nitro benzene ring substituents is 1. The van der Waals surface area contributed by atoms with Gasteiger partial charge in [-0.2, -0.15) is 0 Å². The third kappa shape index (κ3) is 3.42. The molecule has 6 nitrogen and oxygen atoms in total. The summed E-state index contributed by atoms with van der Waals surface area (Å²) in [7, 11) is 0. The molecule has 20 heavy (non-hydrogen) atoms. The average molecular weight is 294 g/mol. The Morgan fingerprint density at radius 3 is 2.70 bits per heavy atom. The van der Waals surface area contributed by atoms with Crippen LogP contribution in [0.4, 0.5) is 5.69 Å². The molecule has 2 rings (SSSR count). The predicted molar refractivity (Wildman–Crippen MR) is 73.9 cm³/mol. The Bertz CT molecular complexity index is 641. The van der Waals surface area contributed by atoms with E-state index < -0.39 is 4.92 Å². The minimum atomic E-state index is -0.487. The second kappa shape index (κ2) is 5.83. The SMILES string of the molecule is Cc1ccc([N+](=O)[O-])c(OCc2nc(C)cc(Cl)n2)c1. The van der Waals surface area contributed by atoms with Gasteiger partial charge in [0, 0.05) is 11.8 Å². The zero-order valence-corrected chi connectivity index (χ0v) is 11.7. The molecule has 0 radical (unpaired) electrons. The molecule has 0 N–H and O–H groups in total. The molecule has 0 saturated carbocycles. The van der Waals surface area contributed by atoms with Gasteiger partial charge in [-0.1, -0.05) is 17.7 Å². The van der Waals surface area contributed by atoms with Gasteiger partial charge in [-0.15, -0.1) is 0 Å². The van der Waals surface area contributed by atoms with Crippen LogP contribution in [0.1, 0.15) is 17.1 Å². The van der Waals surface area contributed by atoms with Gasteiger partial charge in [-0.25, -0.2) is 9.97 Å². The fourth-order valence-electron chi connectivity index (χ4n) is 1.68. The van der Waals surface area contributed by atoms with Crippen LogP contribution in [0.5, 0.6) is 5.75 Å². The van der Waals surface area contributed by atoms with E-state index in [4.69, 9.17) is 16.3 Å². The van der Waals surface area contributed by atoms with Crippen LogP contribution in [0.2, 0.25) is 5.15 Å². The minimum absolute atomic E-state index is 0.0195. The van der Waals surface area contributed by atoms with Crippen LogP contribution in [0.3, 0.4) is 0 Å². The van der Waals surface area contributed by atoms with E-state index in [1.165, 1.54) is 6.07 Å². The lowest BCUT2D eigenvalue weighted by molar-refractivity contribution is -0.386. The Morgan fingerprint density at radius 2 is 2.05 bits per heavy atom. The molecule has 0 fully saturated rings. The number of aromatic nitrogens is 2. The predicted octanol–water partition coefficient (Wildman–Crippen LogP) is 3.23. The van der Waals surface area contributed by atoms with Crippen molar-refractivity contribution in [3.05, 3.63) is 56.6 Å². The molecule has 0 saturated heterocycles. The van der Waals surface area contributed by atoms with Crippen molar-refractivity contribution in [2.45, 2.75) is 20.5 Å². The highest BCUT2D eigenvalue weighted by molar-refractivity contribution is 6.29. The molecule has 0 aliphatic carbocycles. The first-order chi connectivity index (χ1) is 9.45. The molecule has 1 heterocycles. The molecule has 1 aromatic carbocycles. The van der Waals surface area contributed by atoms with Gasteiger partial charge in [0.2, 0.25) is 0 Å². The number of rotatable bonds is 4. The van der Waals surface area contributed by atoms with Gasteiger partial charge in [0.15, 0.2) is 11.6 Å². The highest BCUT2D eigenvalue weighted by atomic mass is 35.5. The van der Waals surface area contributed by atoms with Gasteiger partial charge < -0.3 is 4.74 Å². The number of hydrogen-bond acceptors (Lipinski definition) is 5. The molecule has 0 spiro atoms. The molecular formula is C13H12ClN3O3. The van der Waals surface area contributed by atoms with Crippen LogP contribution in [0, 0.1) is 24.0 Å². The van der Waals surface area contributed by atoms with Crippen LogP contribution in [-0.2, 0) is 6.61 Å². The topological polar surface area (TPSA) is 78.2 Å². The zero-order chi connectivity index (χ0) is 14.7. The fourth-order valence-corrected chi connectivity index (χ4v) is 1.94. The number of ether oxygens (including phenoxy) is 1. The molecule has 0 unspecified atom stereocenters. The van der Waals surface area contributed by atoms with Crippen molar-refractivity contribution in [2.24, 2.45) is 0 Å². The zero-order valence-electron chi connectivity index (χ0n) is 11.0. The minimum Gasteiger partial charge on any atom is -0.479 e. The molecular weight excluding hydrogens is 282 g/mol. The summed E-state index contributed by atoms with van der Waals surface area (Å²) in [5.74, 6) is 0.571. The molecule has 2 aromatic rings. The number of halogens is 1. The van der Waals surface area contributed by atoms with Gasteiger partial charge in [-0.05, 0) is 31.5 Å². The number of nitrogens with zero attached hydrogens (tertiary/aromatic N) is 3. The smallest absolute Gasteiger partial charge is 0.310 e. The van der Waals surface area contributed by atoms with Crippen LogP contribution in [-0.4, -0.2) is 14.9 Å². The van der Waals surface area contributed by atoms with Crippen molar-refractivity contribution in [3.63, 3.8) is 0 Å². The summed E-state index contributed by atoms with van der Waals surface area (Å²) < 4.78 is 5.45. The number of aryl methyl sites for hydroxylation is 2. The molecule has 0 aliphatic heterocycles. The molecule has 0 atom stereocenters. The Labute approximate surface area is 120 Å². The van der Waals surface area contributed by atoms with Crippen LogP contribution < -0.4 is 4.74 Å². The van der Waals surface area contributed by atoms with Crippen molar-refractivity contribution in [3.8, 4) is 5.75 Å². The van der Waals surface area contributed by atoms with E-state index in [2.05, 4.69) is 9.97 Å². The first-order valence-electron chi connectivity index (χ1n) is 5.83. The summed E-state index contributed by atoms with van der Waals surface area (Å²) in [4.78, 5) is 18.6. The monoisotopic (exact) mass is 293 g/mol. The Hall–Kier alpha value is -2.21. The molecule has 0 aliphatic rings. The van der Waals surface area contributed by atoms with E-state index in [-0.39, 0.29) is 18.0 Å². The van der Waals surface area contributed by atoms with Crippen molar-refractivity contribution in [1.29, 1.82) is 0 Å². The highest BCUT2D eigenvalue weighted by Gasteiger charge is 2.15. The largest absolute Gasteiger partial charge is 0.479 e. The van der Waals surface area contributed by atoms with Crippen LogP contribution in [0.25, 0.3) is 0 Å². The summed E-state index contributed by atoms with van der Waals surface area (Å²) in [5, 5.41) is 11.2. The molecule has 0 bridgehead atoms. The molecule has 104 valence electrons. The molecule has 0 amide bonds. The van der Waals surface area contributed by atoms with E-state index in [0.717, 1.165) is 5.56 Å². The van der Waals surface area contributed by atoms with Gasteiger partial charge in [0.1, 0.15) is 11.8 Å². The Kier molecular flexibility index (Phi) is 4.14. The maximum Gasteiger partial charge on any atom is 0.310 e. The Balaban J connectivity index is 2.22. The lowest BCUT2D eigenvalue weighted by Crippen LogP contribution is -2.04. The van der Waals surface area contributed by atoms with Crippen molar-refractivity contribution >= 4 is 17.3 Å². The van der Waals surface area contributed by atoms with E-state index in [9.17, 15) is 10.1 Å². The van der Waals surface area contributed by atoms with Gasteiger partial charge in [0.05, 0.1) is 4.92 Å². The van der Waals surface area contributed by atoms with Gasteiger partial charge in [-0.3, -0.25) is 10.1 Å². The second-order valence-electron chi connectivity index (χ2n) is 4.27. The first-order valence-corrected chi connectivity index (χ1v) is 6.21. The first kappa shape index (κ1) is 14.2. The van der Waals surface area contributed by atoms with E-state index in [1.807, 2.05) is 6.92 Å². The standard InChI is InChI=1S/C13H12ClN3O3/c1-8-3-4-10(17(18)19)11(5-8)20-7-13-15-9(2)6-12(14)16-13/h3-6H,7H2,1-2H3. The molecule has 7 heteroatoms. The normalized spacial score (nSPS) is 10.3. The quantitative estimate of drug-likeness (QED) is 0.491. The Morgan fingerprint density at radius 1 is 1.30 bits per heavy atom. The van der Waals surface area contributed by atoms with Crippen LogP contribution in [0.15, 0.2) is 24.3 Å². The maximum atomic E-state index is 10.9.